The Morgan fingerprint density at radius 3 is 1.78 bits per heavy atom. The van der Waals surface area contributed by atoms with Gasteiger partial charge in [-0.1, -0.05) is 27.2 Å². The molecule has 0 N–H and O–H groups in total. The first-order valence-electron chi connectivity index (χ1n) is 9.24. The van der Waals surface area contributed by atoms with Gasteiger partial charge in [-0.15, -0.1) is 0 Å². The van der Waals surface area contributed by atoms with Gasteiger partial charge in [0.2, 0.25) is 8.32 Å². The van der Waals surface area contributed by atoms with Crippen molar-refractivity contribution in [2.24, 2.45) is 0 Å². The fourth-order valence-electron chi connectivity index (χ4n) is 2.98. The summed E-state index contributed by atoms with van der Waals surface area (Å²) in [7, 11) is -2.18. The standard InChI is InChI=1S/C17H34O5Si/c1-5-8-9-22-23(4,16(6-2)20-12-14-10-18-14)17(7-3)21-13-15-11-19-15/h14-17H,5-13H2,1-4H3. The molecule has 0 spiro atoms. The lowest BCUT2D eigenvalue weighted by atomic mass is 10.4. The quantitative estimate of drug-likeness (QED) is 0.275. The molecule has 2 heterocycles. The monoisotopic (exact) mass is 346 g/mol. The number of epoxide rings is 2. The maximum Gasteiger partial charge on any atom is 0.246 e. The van der Waals surface area contributed by atoms with Gasteiger partial charge >= 0.3 is 0 Å². The van der Waals surface area contributed by atoms with E-state index >= 15 is 0 Å². The van der Waals surface area contributed by atoms with Crippen LogP contribution in [-0.2, 0) is 23.4 Å². The van der Waals surface area contributed by atoms with E-state index in [1.165, 1.54) is 0 Å². The minimum absolute atomic E-state index is 0.147. The molecule has 6 heteroatoms. The summed E-state index contributed by atoms with van der Waals surface area (Å²) in [5, 5.41) is 0. The maximum absolute atomic E-state index is 6.49. The molecule has 4 unspecified atom stereocenters. The van der Waals surface area contributed by atoms with E-state index in [-0.39, 0.29) is 11.5 Å². The van der Waals surface area contributed by atoms with Crippen molar-refractivity contribution in [3.8, 4) is 0 Å². The van der Waals surface area contributed by atoms with E-state index in [2.05, 4.69) is 27.3 Å². The zero-order valence-electron chi connectivity index (χ0n) is 15.2. The topological polar surface area (TPSA) is 52.8 Å². The van der Waals surface area contributed by atoms with Crippen LogP contribution in [0.3, 0.4) is 0 Å². The molecular formula is C17H34O5Si. The molecule has 23 heavy (non-hydrogen) atoms. The highest BCUT2D eigenvalue weighted by Gasteiger charge is 2.47. The van der Waals surface area contributed by atoms with Gasteiger partial charge in [-0.05, 0) is 25.8 Å². The molecule has 136 valence electrons. The van der Waals surface area contributed by atoms with Crippen molar-refractivity contribution in [2.45, 2.75) is 76.7 Å². The summed E-state index contributed by atoms with van der Waals surface area (Å²) >= 11 is 0. The highest BCUT2D eigenvalue weighted by Crippen LogP contribution is 2.28. The lowest BCUT2D eigenvalue weighted by molar-refractivity contribution is 0.0277. The van der Waals surface area contributed by atoms with E-state index in [0.717, 1.165) is 45.5 Å². The lowest BCUT2D eigenvalue weighted by Crippen LogP contribution is -2.59. The van der Waals surface area contributed by atoms with Crippen LogP contribution in [0.4, 0.5) is 0 Å². The molecule has 2 rings (SSSR count). The van der Waals surface area contributed by atoms with Gasteiger partial charge in [-0.3, -0.25) is 0 Å². The zero-order valence-corrected chi connectivity index (χ0v) is 16.2. The van der Waals surface area contributed by atoms with Crippen molar-refractivity contribution < 1.29 is 23.4 Å². The minimum atomic E-state index is -2.18. The number of rotatable bonds is 14. The zero-order chi connectivity index (χ0) is 16.7. The van der Waals surface area contributed by atoms with E-state index in [4.69, 9.17) is 23.4 Å². The number of ether oxygens (including phenoxy) is 4. The number of unbranched alkanes of at least 4 members (excludes halogenated alkanes) is 1. The third-order valence-electron chi connectivity index (χ3n) is 4.70. The van der Waals surface area contributed by atoms with Gasteiger partial charge in [-0.2, -0.15) is 0 Å². The van der Waals surface area contributed by atoms with Crippen LogP contribution in [0.15, 0.2) is 0 Å². The molecule has 0 saturated carbocycles. The fourth-order valence-corrected chi connectivity index (χ4v) is 6.83. The van der Waals surface area contributed by atoms with Crippen molar-refractivity contribution in [2.75, 3.05) is 33.0 Å². The lowest BCUT2D eigenvalue weighted by Gasteiger charge is -2.40. The van der Waals surface area contributed by atoms with Crippen LogP contribution < -0.4 is 0 Å². The Labute approximate surface area is 142 Å². The third-order valence-corrected chi connectivity index (χ3v) is 9.24. The van der Waals surface area contributed by atoms with E-state index in [1.807, 2.05) is 0 Å². The van der Waals surface area contributed by atoms with Gasteiger partial charge in [0, 0.05) is 6.61 Å². The summed E-state index contributed by atoms with van der Waals surface area (Å²) in [5.74, 6) is 0. The van der Waals surface area contributed by atoms with Crippen molar-refractivity contribution in [1.29, 1.82) is 0 Å². The first-order valence-corrected chi connectivity index (χ1v) is 11.8. The van der Waals surface area contributed by atoms with Gasteiger partial charge in [0.15, 0.2) is 0 Å². The van der Waals surface area contributed by atoms with Gasteiger partial charge in [-0.25, -0.2) is 0 Å². The van der Waals surface area contributed by atoms with Crippen LogP contribution in [-0.4, -0.2) is 65.0 Å². The maximum atomic E-state index is 6.49. The Hall–Kier alpha value is 0.0169. The molecule has 0 bridgehead atoms. The average Bonchev–Trinajstić information content (AvgIpc) is 3.43. The molecule has 2 fully saturated rings. The number of hydrogen-bond donors (Lipinski definition) is 0. The summed E-state index contributed by atoms with van der Waals surface area (Å²) in [4.78, 5) is 0. The van der Waals surface area contributed by atoms with Crippen molar-refractivity contribution in [1.82, 2.24) is 0 Å². The second-order valence-corrected chi connectivity index (χ2v) is 10.7. The van der Waals surface area contributed by atoms with Gasteiger partial charge in [0.05, 0.1) is 37.9 Å². The second-order valence-electron chi connectivity index (χ2n) is 6.76. The van der Waals surface area contributed by atoms with Crippen LogP contribution in [0.1, 0.15) is 46.5 Å². The average molecular weight is 347 g/mol. The smallest absolute Gasteiger partial charge is 0.246 e. The van der Waals surface area contributed by atoms with Crippen molar-refractivity contribution >= 4 is 8.32 Å². The molecule has 0 aromatic heterocycles. The summed E-state index contributed by atoms with van der Waals surface area (Å²) < 4.78 is 29.5. The molecule has 2 aliphatic rings. The Balaban J connectivity index is 1.98. The van der Waals surface area contributed by atoms with Crippen LogP contribution in [0.5, 0.6) is 0 Å². The molecule has 0 aliphatic carbocycles. The van der Waals surface area contributed by atoms with Gasteiger partial charge in [0.1, 0.15) is 12.2 Å². The first kappa shape index (κ1) is 19.3. The first-order chi connectivity index (χ1) is 11.1. The predicted octanol–water partition coefficient (Wildman–Crippen LogP) is 2.84. The Kier molecular flexibility index (Phi) is 7.98. The molecule has 4 atom stereocenters. The number of hydrogen-bond acceptors (Lipinski definition) is 5. The van der Waals surface area contributed by atoms with Crippen LogP contribution >= 0.6 is 0 Å². The summed E-state index contributed by atoms with van der Waals surface area (Å²) in [6, 6.07) is 0. The van der Waals surface area contributed by atoms with Crippen LogP contribution in [0, 0.1) is 0 Å². The van der Waals surface area contributed by atoms with E-state index in [9.17, 15) is 0 Å². The van der Waals surface area contributed by atoms with E-state index in [0.29, 0.717) is 25.4 Å². The second kappa shape index (κ2) is 9.49. The molecule has 0 radical (unpaired) electrons. The van der Waals surface area contributed by atoms with E-state index < -0.39 is 8.32 Å². The van der Waals surface area contributed by atoms with E-state index in [1.54, 1.807) is 0 Å². The Bertz CT molecular complexity index is 309. The molecule has 5 nitrogen and oxygen atoms in total. The van der Waals surface area contributed by atoms with Crippen molar-refractivity contribution in [3.05, 3.63) is 0 Å². The van der Waals surface area contributed by atoms with Crippen LogP contribution in [0.25, 0.3) is 0 Å². The fraction of sp³-hybridized carbons (Fsp3) is 1.00. The van der Waals surface area contributed by atoms with Gasteiger partial charge in [0.25, 0.3) is 0 Å². The third kappa shape index (κ3) is 6.10. The molecular weight excluding hydrogens is 312 g/mol. The predicted molar refractivity (Wildman–Crippen MR) is 92.0 cm³/mol. The molecule has 0 aromatic rings. The summed E-state index contributed by atoms with van der Waals surface area (Å²) in [6.45, 7) is 12.7. The van der Waals surface area contributed by atoms with Crippen LogP contribution in [0.2, 0.25) is 6.55 Å². The summed E-state index contributed by atoms with van der Waals surface area (Å²) in [6.07, 6.45) is 4.74. The molecule has 2 aliphatic heterocycles. The Morgan fingerprint density at radius 1 is 0.957 bits per heavy atom. The highest BCUT2D eigenvalue weighted by atomic mass is 28.4. The van der Waals surface area contributed by atoms with Crippen molar-refractivity contribution in [3.63, 3.8) is 0 Å². The normalized spacial score (nSPS) is 28.2. The highest BCUT2D eigenvalue weighted by molar-refractivity contribution is 6.75. The van der Waals surface area contributed by atoms with Gasteiger partial charge < -0.3 is 23.4 Å². The molecule has 2 saturated heterocycles. The Morgan fingerprint density at radius 2 is 1.43 bits per heavy atom. The largest absolute Gasteiger partial charge is 0.412 e. The molecule has 0 aromatic carbocycles. The SMILES string of the molecule is CCCCO[Si](C)(C(CC)OCC1CO1)C(CC)OCC1CO1. The summed E-state index contributed by atoms with van der Waals surface area (Å²) in [5.41, 5.74) is 0.294. The molecule has 0 amide bonds. The minimum Gasteiger partial charge on any atom is -0.412 e.